The molecule has 1 aliphatic rings. The first-order chi connectivity index (χ1) is 15.3. The summed E-state index contributed by atoms with van der Waals surface area (Å²) in [5.41, 5.74) is 0.613. The molecule has 2 amide bonds. The summed E-state index contributed by atoms with van der Waals surface area (Å²) in [6.07, 6.45) is 1.91. The van der Waals surface area contributed by atoms with Crippen LogP contribution in [0.4, 0.5) is 5.69 Å². The van der Waals surface area contributed by atoms with E-state index in [-0.39, 0.29) is 28.8 Å². The minimum absolute atomic E-state index is 0.00934. The smallest absolute Gasteiger partial charge is 0.264 e. The number of hydrogen-bond acceptors (Lipinski definition) is 4. The van der Waals surface area contributed by atoms with Crippen LogP contribution in [0.15, 0.2) is 66.1 Å². The SMILES string of the molecule is C=CCN(c1ccccc1Cl)S(=O)(=O)c1cccc(C(=O)N2CCN(C(=O)CC)CC2)c1. The van der Waals surface area contributed by atoms with Gasteiger partial charge in [-0.25, -0.2) is 8.42 Å². The van der Waals surface area contributed by atoms with Crippen LogP contribution in [0.2, 0.25) is 5.02 Å². The van der Waals surface area contributed by atoms with Gasteiger partial charge in [-0.2, -0.15) is 0 Å². The van der Waals surface area contributed by atoms with Gasteiger partial charge in [0.05, 0.1) is 22.2 Å². The molecule has 0 bridgehead atoms. The third kappa shape index (κ3) is 4.97. The number of rotatable bonds is 7. The van der Waals surface area contributed by atoms with Crippen LogP contribution in [0.25, 0.3) is 0 Å². The minimum Gasteiger partial charge on any atom is -0.339 e. The summed E-state index contributed by atoms with van der Waals surface area (Å²) in [4.78, 5) is 28.3. The molecule has 0 aliphatic carbocycles. The molecule has 7 nitrogen and oxygen atoms in total. The number of carbonyl (C=O) groups excluding carboxylic acids is 2. The van der Waals surface area contributed by atoms with Gasteiger partial charge in [0.2, 0.25) is 5.91 Å². The van der Waals surface area contributed by atoms with Crippen LogP contribution < -0.4 is 4.31 Å². The first-order valence-corrected chi connectivity index (χ1v) is 12.2. The number of benzene rings is 2. The van der Waals surface area contributed by atoms with Gasteiger partial charge < -0.3 is 9.80 Å². The highest BCUT2D eigenvalue weighted by Crippen LogP contribution is 2.30. The Balaban J connectivity index is 1.86. The van der Waals surface area contributed by atoms with Crippen molar-refractivity contribution in [1.82, 2.24) is 9.80 Å². The van der Waals surface area contributed by atoms with Crippen molar-refractivity contribution in [2.24, 2.45) is 0 Å². The van der Waals surface area contributed by atoms with E-state index in [1.165, 1.54) is 22.5 Å². The highest BCUT2D eigenvalue weighted by molar-refractivity contribution is 7.92. The Bertz CT molecular complexity index is 1110. The van der Waals surface area contributed by atoms with Crippen LogP contribution in [0.3, 0.4) is 0 Å². The number of carbonyl (C=O) groups is 2. The monoisotopic (exact) mass is 475 g/mol. The van der Waals surface area contributed by atoms with E-state index in [1.807, 2.05) is 6.92 Å². The standard InChI is InChI=1S/C23H26ClN3O4S/c1-3-12-27(21-11-6-5-10-20(21)24)32(30,31)19-9-7-8-18(17-19)23(29)26-15-13-25(14-16-26)22(28)4-2/h3,5-11,17H,1,4,12-16H2,2H3. The molecule has 1 saturated heterocycles. The van der Waals surface area contributed by atoms with Gasteiger partial charge in [0.25, 0.3) is 15.9 Å². The fraction of sp³-hybridized carbons (Fsp3) is 0.304. The molecule has 0 radical (unpaired) electrons. The lowest BCUT2D eigenvalue weighted by Gasteiger charge is -2.34. The van der Waals surface area contributed by atoms with Crippen LogP contribution in [0, 0.1) is 0 Å². The lowest BCUT2D eigenvalue weighted by Crippen LogP contribution is -2.50. The largest absolute Gasteiger partial charge is 0.339 e. The summed E-state index contributed by atoms with van der Waals surface area (Å²) in [6.45, 7) is 7.24. The molecule has 0 N–H and O–H groups in total. The van der Waals surface area contributed by atoms with Gasteiger partial charge in [0.1, 0.15) is 0 Å². The Morgan fingerprint density at radius 1 is 1.06 bits per heavy atom. The topological polar surface area (TPSA) is 78.0 Å². The van der Waals surface area contributed by atoms with Crippen molar-refractivity contribution in [3.05, 3.63) is 71.8 Å². The molecule has 0 atom stereocenters. The second-order valence-corrected chi connectivity index (χ2v) is 9.60. The van der Waals surface area contributed by atoms with E-state index >= 15 is 0 Å². The molecular weight excluding hydrogens is 450 g/mol. The van der Waals surface area contributed by atoms with Gasteiger partial charge in [-0.05, 0) is 30.3 Å². The van der Waals surface area contributed by atoms with Crippen LogP contribution >= 0.6 is 11.6 Å². The fourth-order valence-corrected chi connectivity index (χ4v) is 5.37. The summed E-state index contributed by atoms with van der Waals surface area (Å²) in [7, 11) is -3.99. The Hall–Kier alpha value is -2.84. The zero-order valence-corrected chi connectivity index (χ0v) is 19.5. The van der Waals surface area contributed by atoms with E-state index < -0.39 is 10.0 Å². The van der Waals surface area contributed by atoms with E-state index in [0.717, 1.165) is 0 Å². The normalized spacial score (nSPS) is 14.2. The van der Waals surface area contributed by atoms with E-state index in [1.54, 1.807) is 46.2 Å². The summed E-state index contributed by atoms with van der Waals surface area (Å²) in [5.74, 6) is -0.203. The molecule has 2 aromatic carbocycles. The number of para-hydroxylation sites is 1. The third-order valence-electron chi connectivity index (χ3n) is 5.31. The fourth-order valence-electron chi connectivity index (χ4n) is 3.58. The molecule has 9 heteroatoms. The molecule has 1 aliphatic heterocycles. The van der Waals surface area contributed by atoms with Gasteiger partial charge in [0.15, 0.2) is 0 Å². The average molecular weight is 476 g/mol. The number of amides is 2. The summed E-state index contributed by atoms with van der Waals surface area (Å²) >= 11 is 6.25. The Morgan fingerprint density at radius 2 is 1.72 bits per heavy atom. The molecule has 170 valence electrons. The van der Waals surface area contributed by atoms with Gasteiger partial charge in [0, 0.05) is 38.2 Å². The first kappa shape index (κ1) is 23.8. The van der Waals surface area contributed by atoms with Crippen LogP contribution in [-0.4, -0.2) is 62.8 Å². The second kappa shape index (κ2) is 10.2. The van der Waals surface area contributed by atoms with Gasteiger partial charge in [-0.3, -0.25) is 13.9 Å². The van der Waals surface area contributed by atoms with Crippen LogP contribution in [0.5, 0.6) is 0 Å². The molecule has 0 aromatic heterocycles. The van der Waals surface area contributed by atoms with Gasteiger partial charge in [-0.15, -0.1) is 6.58 Å². The van der Waals surface area contributed by atoms with E-state index in [0.29, 0.717) is 43.3 Å². The van der Waals surface area contributed by atoms with Gasteiger partial charge >= 0.3 is 0 Å². The summed E-state index contributed by atoms with van der Waals surface area (Å²) in [6, 6.07) is 12.6. The highest BCUT2D eigenvalue weighted by atomic mass is 35.5. The number of sulfonamides is 1. The number of piperazine rings is 1. The zero-order valence-electron chi connectivity index (χ0n) is 17.9. The maximum atomic E-state index is 13.4. The first-order valence-electron chi connectivity index (χ1n) is 10.3. The van der Waals surface area contributed by atoms with Crippen molar-refractivity contribution in [3.8, 4) is 0 Å². The molecule has 0 spiro atoms. The van der Waals surface area contributed by atoms with Crippen molar-refractivity contribution in [1.29, 1.82) is 0 Å². The lowest BCUT2D eigenvalue weighted by molar-refractivity contribution is -0.132. The summed E-state index contributed by atoms with van der Waals surface area (Å²) < 4.78 is 28.0. The van der Waals surface area contributed by atoms with Crippen molar-refractivity contribution in [2.45, 2.75) is 18.2 Å². The maximum absolute atomic E-state index is 13.4. The molecule has 0 saturated carbocycles. The average Bonchev–Trinajstić information content (AvgIpc) is 2.82. The van der Waals surface area contributed by atoms with E-state index in [4.69, 9.17) is 11.6 Å². The Morgan fingerprint density at radius 3 is 2.34 bits per heavy atom. The third-order valence-corrected chi connectivity index (χ3v) is 7.40. The quantitative estimate of drug-likeness (QED) is 0.575. The van der Waals surface area contributed by atoms with Crippen molar-refractivity contribution in [2.75, 3.05) is 37.0 Å². The molecule has 3 rings (SSSR count). The Kier molecular flexibility index (Phi) is 7.58. The highest BCUT2D eigenvalue weighted by Gasteiger charge is 2.28. The van der Waals surface area contributed by atoms with Crippen molar-refractivity contribution >= 4 is 39.1 Å². The predicted octanol–water partition coefficient (Wildman–Crippen LogP) is 3.42. The van der Waals surface area contributed by atoms with Crippen LogP contribution in [0.1, 0.15) is 23.7 Å². The lowest BCUT2D eigenvalue weighted by atomic mass is 10.2. The molecule has 1 heterocycles. The Labute approximate surface area is 193 Å². The van der Waals surface area contributed by atoms with Crippen molar-refractivity contribution in [3.63, 3.8) is 0 Å². The molecule has 1 fully saturated rings. The molecule has 0 unspecified atom stereocenters. The van der Waals surface area contributed by atoms with Crippen LogP contribution in [-0.2, 0) is 14.8 Å². The molecule has 32 heavy (non-hydrogen) atoms. The minimum atomic E-state index is -3.99. The maximum Gasteiger partial charge on any atom is 0.264 e. The van der Waals surface area contributed by atoms with Gasteiger partial charge in [-0.1, -0.05) is 42.8 Å². The van der Waals surface area contributed by atoms with E-state index in [2.05, 4.69) is 6.58 Å². The summed E-state index contributed by atoms with van der Waals surface area (Å²) in [5, 5.41) is 0.296. The number of nitrogens with zero attached hydrogens (tertiary/aromatic N) is 3. The number of halogens is 1. The van der Waals surface area contributed by atoms with E-state index in [9.17, 15) is 18.0 Å². The zero-order chi connectivity index (χ0) is 23.3. The second-order valence-electron chi connectivity index (χ2n) is 7.33. The van der Waals surface area contributed by atoms with Crippen molar-refractivity contribution < 1.29 is 18.0 Å². The molecule has 2 aromatic rings. The number of hydrogen-bond donors (Lipinski definition) is 0. The predicted molar refractivity (Wildman–Crippen MR) is 125 cm³/mol. The number of anilines is 1. The molecular formula is C23H26ClN3O4S.